The van der Waals surface area contributed by atoms with Crippen molar-refractivity contribution >= 4 is 22.8 Å². The maximum absolute atomic E-state index is 13.0. The number of imidazole rings is 1. The van der Waals surface area contributed by atoms with Crippen LogP contribution >= 0.6 is 11.8 Å². The van der Waals surface area contributed by atoms with E-state index in [1.807, 2.05) is 0 Å². The highest BCUT2D eigenvalue weighted by Gasteiger charge is 2.39. The van der Waals surface area contributed by atoms with E-state index in [1.54, 1.807) is 0 Å². The SMILES string of the molecule is FC(F)(F)c1cc(C(F)(F)F)c2nc([C@@H]3NCCS3)[nH]c2c1. The molecule has 2 heterocycles. The van der Waals surface area contributed by atoms with Crippen molar-refractivity contribution in [3.8, 4) is 0 Å². The summed E-state index contributed by atoms with van der Waals surface area (Å²) in [4.78, 5) is 6.43. The van der Waals surface area contributed by atoms with Crippen molar-refractivity contribution in [3.05, 3.63) is 29.1 Å². The van der Waals surface area contributed by atoms with E-state index in [9.17, 15) is 26.3 Å². The number of nitrogens with zero attached hydrogens (tertiary/aromatic N) is 1. The lowest BCUT2D eigenvalue weighted by Crippen LogP contribution is -2.13. The summed E-state index contributed by atoms with van der Waals surface area (Å²) in [5.41, 5.74) is -3.51. The highest BCUT2D eigenvalue weighted by atomic mass is 32.2. The van der Waals surface area contributed by atoms with Gasteiger partial charge in [-0.3, -0.25) is 5.32 Å². The molecule has 1 saturated heterocycles. The number of thioether (sulfide) groups is 1. The van der Waals surface area contributed by atoms with Crippen molar-refractivity contribution in [3.63, 3.8) is 0 Å². The van der Waals surface area contributed by atoms with E-state index in [1.165, 1.54) is 11.8 Å². The molecule has 0 bridgehead atoms. The first-order valence-corrected chi connectivity index (χ1v) is 7.24. The van der Waals surface area contributed by atoms with Gasteiger partial charge in [0, 0.05) is 12.3 Å². The molecule has 1 atom stereocenters. The molecule has 0 amide bonds. The molecule has 0 saturated carbocycles. The molecule has 1 aromatic carbocycles. The largest absolute Gasteiger partial charge is 0.418 e. The van der Waals surface area contributed by atoms with Crippen molar-refractivity contribution in [2.75, 3.05) is 12.3 Å². The van der Waals surface area contributed by atoms with Crippen LogP contribution in [0.4, 0.5) is 26.3 Å². The van der Waals surface area contributed by atoms with Crippen molar-refractivity contribution in [1.82, 2.24) is 15.3 Å². The fraction of sp³-hybridized carbons (Fsp3) is 0.417. The molecule has 1 aliphatic rings. The average molecular weight is 341 g/mol. The minimum Gasteiger partial charge on any atom is -0.340 e. The Kier molecular flexibility index (Phi) is 3.55. The van der Waals surface area contributed by atoms with E-state index in [2.05, 4.69) is 15.3 Å². The summed E-state index contributed by atoms with van der Waals surface area (Å²) in [6, 6.07) is 0.753. The minimum absolute atomic E-state index is 0.0994. The molecule has 0 radical (unpaired) electrons. The Hall–Kier alpha value is -1.42. The van der Waals surface area contributed by atoms with Crippen molar-refractivity contribution < 1.29 is 26.3 Å². The van der Waals surface area contributed by atoms with E-state index in [0.717, 1.165) is 5.75 Å². The number of aromatic nitrogens is 2. The second-order valence-corrected chi connectivity index (χ2v) is 5.96. The first-order chi connectivity index (χ1) is 10.2. The Bertz CT molecular complexity index is 699. The zero-order valence-corrected chi connectivity index (χ0v) is 11.6. The Balaban J connectivity index is 2.20. The topological polar surface area (TPSA) is 40.7 Å². The number of nitrogens with one attached hydrogen (secondary N) is 2. The van der Waals surface area contributed by atoms with Gasteiger partial charge in [-0.1, -0.05) is 0 Å². The van der Waals surface area contributed by atoms with Crippen LogP contribution in [-0.2, 0) is 12.4 Å². The standard InChI is InChI=1S/C12H9F6N3S/c13-11(14,15)5-3-6(12(16,17)18)8-7(4-5)20-9(21-8)10-19-1-2-22-10/h3-4,10,19H,1-2H2,(H,20,21)/t10-/m1/s1. The van der Waals surface area contributed by atoms with Gasteiger partial charge in [-0.15, -0.1) is 11.8 Å². The summed E-state index contributed by atoms with van der Waals surface area (Å²) >= 11 is 1.43. The number of rotatable bonds is 1. The zero-order valence-electron chi connectivity index (χ0n) is 10.8. The lowest BCUT2D eigenvalue weighted by molar-refractivity contribution is -0.142. The van der Waals surface area contributed by atoms with Crippen molar-refractivity contribution in [2.24, 2.45) is 0 Å². The molecular formula is C12H9F6N3S. The average Bonchev–Trinajstić information content (AvgIpc) is 3.03. The smallest absolute Gasteiger partial charge is 0.340 e. The number of halogens is 6. The lowest BCUT2D eigenvalue weighted by Gasteiger charge is -2.11. The monoisotopic (exact) mass is 341 g/mol. The molecule has 1 aromatic heterocycles. The quantitative estimate of drug-likeness (QED) is 0.772. The maximum Gasteiger partial charge on any atom is 0.418 e. The van der Waals surface area contributed by atoms with Gasteiger partial charge in [0.1, 0.15) is 16.7 Å². The summed E-state index contributed by atoms with van der Waals surface area (Å²) in [6.45, 7) is 0.659. The van der Waals surface area contributed by atoms with Gasteiger partial charge in [-0.25, -0.2) is 4.98 Å². The van der Waals surface area contributed by atoms with Crippen LogP contribution in [0.3, 0.4) is 0 Å². The molecule has 22 heavy (non-hydrogen) atoms. The summed E-state index contributed by atoms with van der Waals surface area (Å²) in [6.07, 6.45) is -9.78. The Morgan fingerprint density at radius 1 is 1.09 bits per heavy atom. The van der Waals surface area contributed by atoms with Gasteiger partial charge in [0.15, 0.2) is 0 Å². The van der Waals surface area contributed by atoms with Gasteiger partial charge < -0.3 is 4.98 Å². The third-order valence-electron chi connectivity index (χ3n) is 3.20. The van der Waals surface area contributed by atoms with Crippen LogP contribution in [0, 0.1) is 0 Å². The number of hydrogen-bond donors (Lipinski definition) is 2. The molecule has 2 N–H and O–H groups in total. The highest BCUT2D eigenvalue weighted by molar-refractivity contribution is 7.99. The second-order valence-electron chi connectivity index (χ2n) is 4.74. The van der Waals surface area contributed by atoms with E-state index < -0.39 is 29.0 Å². The van der Waals surface area contributed by atoms with Gasteiger partial charge in [0.25, 0.3) is 0 Å². The van der Waals surface area contributed by atoms with Gasteiger partial charge in [-0.2, -0.15) is 26.3 Å². The number of benzene rings is 1. The third-order valence-corrected chi connectivity index (χ3v) is 4.37. The van der Waals surface area contributed by atoms with Crippen molar-refractivity contribution in [1.29, 1.82) is 0 Å². The number of alkyl halides is 6. The first-order valence-electron chi connectivity index (χ1n) is 6.19. The first kappa shape index (κ1) is 15.5. The molecular weight excluding hydrogens is 332 g/mol. The van der Waals surface area contributed by atoms with Gasteiger partial charge in [-0.05, 0) is 12.1 Å². The molecule has 2 aromatic rings. The molecule has 10 heteroatoms. The second kappa shape index (κ2) is 5.05. The zero-order chi connectivity index (χ0) is 16.1. The molecule has 0 spiro atoms. The van der Waals surface area contributed by atoms with E-state index >= 15 is 0 Å². The summed E-state index contributed by atoms with van der Waals surface area (Å²) in [5.74, 6) is 0.948. The fourth-order valence-electron chi connectivity index (χ4n) is 2.24. The van der Waals surface area contributed by atoms with E-state index in [-0.39, 0.29) is 22.8 Å². The van der Waals surface area contributed by atoms with Crippen LogP contribution in [0.5, 0.6) is 0 Å². The van der Waals surface area contributed by atoms with Crippen LogP contribution in [-0.4, -0.2) is 22.3 Å². The molecule has 0 aliphatic carbocycles. The molecule has 0 unspecified atom stereocenters. The summed E-state index contributed by atoms with van der Waals surface area (Å²) in [7, 11) is 0. The van der Waals surface area contributed by atoms with Crippen LogP contribution in [0.25, 0.3) is 11.0 Å². The van der Waals surface area contributed by atoms with Gasteiger partial charge >= 0.3 is 12.4 Å². The summed E-state index contributed by atoms with van der Waals surface area (Å²) < 4.78 is 77.4. The summed E-state index contributed by atoms with van der Waals surface area (Å²) in [5, 5.41) is 2.66. The van der Waals surface area contributed by atoms with Crippen molar-refractivity contribution in [2.45, 2.75) is 17.7 Å². The van der Waals surface area contributed by atoms with E-state index in [0.29, 0.717) is 12.6 Å². The lowest BCUT2D eigenvalue weighted by atomic mass is 10.1. The number of hydrogen-bond acceptors (Lipinski definition) is 3. The van der Waals surface area contributed by atoms with Crippen LogP contribution in [0.15, 0.2) is 12.1 Å². The van der Waals surface area contributed by atoms with Gasteiger partial charge in [0.05, 0.1) is 16.6 Å². The minimum atomic E-state index is -4.91. The number of aromatic amines is 1. The Morgan fingerprint density at radius 2 is 1.82 bits per heavy atom. The molecule has 1 aliphatic heterocycles. The fourth-order valence-corrected chi connectivity index (χ4v) is 3.22. The van der Waals surface area contributed by atoms with Crippen LogP contribution in [0.2, 0.25) is 0 Å². The molecule has 3 nitrogen and oxygen atoms in total. The predicted octanol–water partition coefficient (Wildman–Crippen LogP) is 3.94. The Morgan fingerprint density at radius 3 is 2.36 bits per heavy atom. The highest BCUT2D eigenvalue weighted by Crippen LogP contribution is 2.40. The third kappa shape index (κ3) is 2.76. The van der Waals surface area contributed by atoms with Crippen LogP contribution in [0.1, 0.15) is 22.3 Å². The predicted molar refractivity (Wildman–Crippen MR) is 69.3 cm³/mol. The Labute approximate surface area is 124 Å². The molecule has 1 fully saturated rings. The van der Waals surface area contributed by atoms with Gasteiger partial charge in [0.2, 0.25) is 0 Å². The van der Waals surface area contributed by atoms with Crippen LogP contribution < -0.4 is 5.32 Å². The number of fused-ring (bicyclic) bond motifs is 1. The normalized spacial score (nSPS) is 20.0. The maximum atomic E-state index is 13.0. The molecule has 3 rings (SSSR count). The van der Waals surface area contributed by atoms with E-state index in [4.69, 9.17) is 0 Å². The molecule has 120 valence electrons. The number of H-pyrrole nitrogens is 1.